The summed E-state index contributed by atoms with van der Waals surface area (Å²) in [5.74, 6) is -0.535. The second-order valence-electron chi connectivity index (χ2n) is 1.79. The summed E-state index contributed by atoms with van der Waals surface area (Å²) in [6.07, 6.45) is 0. The number of nitrogens with one attached hydrogen (secondary N) is 1. The Bertz CT molecular complexity index is 107. The number of carbonyl (C=O) groups excluding carboxylic acids is 1. The molecule has 0 saturated carbocycles. The van der Waals surface area contributed by atoms with E-state index in [2.05, 4.69) is 5.48 Å². The number of nitrogens with two attached hydrogens (primary N) is 2. The van der Waals surface area contributed by atoms with Crippen molar-refractivity contribution in [1.82, 2.24) is 5.48 Å². The second kappa shape index (κ2) is 5.16. The number of hydroxylamine groups is 1. The molecule has 0 aromatic heterocycles. The Morgan fingerprint density at radius 2 is 2.40 bits per heavy atom. The fourth-order valence-corrected chi connectivity index (χ4v) is 0.351. The molecule has 5 heteroatoms. The number of hydrogen-bond donors (Lipinski definition) is 3. The first-order chi connectivity index (χ1) is 4.68. The van der Waals surface area contributed by atoms with Crippen LogP contribution in [-0.4, -0.2) is 25.1 Å². The first-order valence-corrected chi connectivity index (χ1v) is 3.08. The van der Waals surface area contributed by atoms with Crippen LogP contribution in [0.1, 0.15) is 6.92 Å². The van der Waals surface area contributed by atoms with Crippen LogP contribution >= 0.6 is 0 Å². The van der Waals surface area contributed by atoms with Gasteiger partial charge in [0.25, 0.3) is 0 Å². The highest BCUT2D eigenvalue weighted by Gasteiger charge is 2.06. The number of carbonyl (C=O) groups is 1. The zero-order chi connectivity index (χ0) is 7.98. The zero-order valence-electron chi connectivity index (χ0n) is 5.96. The molecular formula is C5H13N3O2. The molecule has 0 rings (SSSR count). The largest absolute Gasteiger partial charge is 0.368 e. The summed E-state index contributed by atoms with van der Waals surface area (Å²) in [7, 11) is 0. The Hall–Kier alpha value is -0.650. The van der Waals surface area contributed by atoms with Gasteiger partial charge in [0.05, 0.1) is 12.6 Å². The van der Waals surface area contributed by atoms with Gasteiger partial charge in [0.1, 0.15) is 0 Å². The van der Waals surface area contributed by atoms with Crippen LogP contribution in [0.15, 0.2) is 0 Å². The molecule has 0 aliphatic rings. The van der Waals surface area contributed by atoms with Gasteiger partial charge in [-0.3, -0.25) is 4.79 Å². The van der Waals surface area contributed by atoms with Crippen LogP contribution in [0.4, 0.5) is 0 Å². The maximum Gasteiger partial charge on any atom is 0.235 e. The van der Waals surface area contributed by atoms with Gasteiger partial charge < -0.3 is 16.3 Å². The van der Waals surface area contributed by atoms with Gasteiger partial charge >= 0.3 is 0 Å². The van der Waals surface area contributed by atoms with Gasteiger partial charge in [-0.05, 0) is 6.92 Å². The van der Waals surface area contributed by atoms with Crippen LogP contribution in [0.2, 0.25) is 0 Å². The standard InChI is InChI=1S/C5H13N3O2/c1-2-10-8-3-4(6)5(7)9/h4,8H,2-3,6H2,1H3,(H2,7,9). The fraction of sp³-hybridized carbons (Fsp3) is 0.800. The highest BCUT2D eigenvalue weighted by atomic mass is 16.6. The molecule has 1 amide bonds. The van der Waals surface area contributed by atoms with Gasteiger partial charge in [0.15, 0.2) is 0 Å². The molecule has 5 nitrogen and oxygen atoms in total. The molecule has 5 N–H and O–H groups in total. The van der Waals surface area contributed by atoms with E-state index in [9.17, 15) is 4.79 Å². The number of rotatable bonds is 5. The van der Waals surface area contributed by atoms with Gasteiger partial charge in [-0.1, -0.05) is 0 Å². The molecule has 10 heavy (non-hydrogen) atoms. The van der Waals surface area contributed by atoms with E-state index in [4.69, 9.17) is 16.3 Å². The number of hydrogen-bond acceptors (Lipinski definition) is 4. The van der Waals surface area contributed by atoms with Crippen molar-refractivity contribution in [3.05, 3.63) is 0 Å². The third-order valence-corrected chi connectivity index (χ3v) is 0.915. The molecule has 0 aromatic carbocycles. The van der Waals surface area contributed by atoms with Crippen LogP contribution in [0.5, 0.6) is 0 Å². The van der Waals surface area contributed by atoms with Crippen LogP contribution in [0.3, 0.4) is 0 Å². The SMILES string of the molecule is CCONCC(N)C(N)=O. The minimum atomic E-state index is -0.674. The molecule has 0 radical (unpaired) electrons. The highest BCUT2D eigenvalue weighted by Crippen LogP contribution is 1.72. The molecule has 0 bridgehead atoms. The van der Waals surface area contributed by atoms with E-state index in [1.807, 2.05) is 6.92 Å². The van der Waals surface area contributed by atoms with Crippen molar-refractivity contribution in [2.24, 2.45) is 11.5 Å². The third-order valence-electron chi connectivity index (χ3n) is 0.915. The highest BCUT2D eigenvalue weighted by molar-refractivity contribution is 5.79. The summed E-state index contributed by atoms with van der Waals surface area (Å²) < 4.78 is 0. The van der Waals surface area contributed by atoms with Crippen LogP contribution in [-0.2, 0) is 9.63 Å². The molecule has 0 saturated heterocycles. The monoisotopic (exact) mass is 147 g/mol. The van der Waals surface area contributed by atoms with E-state index in [1.165, 1.54) is 0 Å². The second-order valence-corrected chi connectivity index (χ2v) is 1.79. The normalized spacial score (nSPS) is 13.0. The lowest BCUT2D eigenvalue weighted by atomic mass is 10.3. The van der Waals surface area contributed by atoms with Gasteiger partial charge in [-0.25, -0.2) is 5.48 Å². The van der Waals surface area contributed by atoms with E-state index >= 15 is 0 Å². The van der Waals surface area contributed by atoms with Crippen molar-refractivity contribution in [3.8, 4) is 0 Å². The van der Waals surface area contributed by atoms with Crippen molar-refractivity contribution < 1.29 is 9.63 Å². The Morgan fingerprint density at radius 3 is 2.80 bits per heavy atom. The topological polar surface area (TPSA) is 90.4 Å². The lowest BCUT2D eigenvalue weighted by molar-refractivity contribution is -0.119. The Labute approximate surface area is 59.7 Å². The predicted octanol–water partition coefficient (Wildman–Crippen LogP) is -1.66. The van der Waals surface area contributed by atoms with E-state index in [0.717, 1.165) is 0 Å². The Morgan fingerprint density at radius 1 is 1.80 bits per heavy atom. The Balaban J connectivity index is 3.21. The maximum atomic E-state index is 10.3. The van der Waals surface area contributed by atoms with Crippen molar-refractivity contribution in [2.75, 3.05) is 13.2 Å². The minimum Gasteiger partial charge on any atom is -0.368 e. The van der Waals surface area contributed by atoms with E-state index in [-0.39, 0.29) is 6.54 Å². The molecule has 60 valence electrons. The third kappa shape index (κ3) is 4.25. The molecule has 1 atom stereocenters. The fourth-order valence-electron chi connectivity index (χ4n) is 0.351. The number of primary amides is 1. The lowest BCUT2D eigenvalue weighted by Gasteiger charge is -2.07. The average Bonchev–Trinajstić information content (AvgIpc) is 1.88. The van der Waals surface area contributed by atoms with Gasteiger partial charge in [0, 0.05) is 6.54 Å². The molecular weight excluding hydrogens is 134 g/mol. The molecule has 0 spiro atoms. The smallest absolute Gasteiger partial charge is 0.235 e. The van der Waals surface area contributed by atoms with Crippen molar-refractivity contribution >= 4 is 5.91 Å². The minimum absolute atomic E-state index is 0.253. The Kier molecular flexibility index (Phi) is 4.82. The maximum absolute atomic E-state index is 10.3. The summed E-state index contributed by atoms with van der Waals surface area (Å²) in [5, 5.41) is 0. The summed E-state index contributed by atoms with van der Waals surface area (Å²) in [6, 6.07) is -0.674. The van der Waals surface area contributed by atoms with Gasteiger partial charge in [-0.2, -0.15) is 0 Å². The van der Waals surface area contributed by atoms with E-state index < -0.39 is 11.9 Å². The first kappa shape index (κ1) is 9.35. The van der Waals surface area contributed by atoms with Crippen molar-refractivity contribution in [1.29, 1.82) is 0 Å². The van der Waals surface area contributed by atoms with Crippen LogP contribution < -0.4 is 16.9 Å². The number of amides is 1. The molecule has 0 aliphatic heterocycles. The van der Waals surface area contributed by atoms with Crippen LogP contribution in [0, 0.1) is 0 Å². The molecule has 0 fully saturated rings. The van der Waals surface area contributed by atoms with Gasteiger partial charge in [0.2, 0.25) is 5.91 Å². The van der Waals surface area contributed by atoms with Crippen LogP contribution in [0.25, 0.3) is 0 Å². The van der Waals surface area contributed by atoms with E-state index in [0.29, 0.717) is 6.61 Å². The summed E-state index contributed by atoms with van der Waals surface area (Å²) in [6.45, 7) is 2.61. The van der Waals surface area contributed by atoms with Gasteiger partial charge in [-0.15, -0.1) is 0 Å². The zero-order valence-corrected chi connectivity index (χ0v) is 5.96. The summed E-state index contributed by atoms with van der Waals surface area (Å²) in [4.78, 5) is 15.0. The average molecular weight is 147 g/mol. The molecule has 0 aliphatic carbocycles. The summed E-state index contributed by atoms with van der Waals surface area (Å²) >= 11 is 0. The first-order valence-electron chi connectivity index (χ1n) is 3.08. The van der Waals surface area contributed by atoms with E-state index in [1.54, 1.807) is 0 Å². The summed E-state index contributed by atoms with van der Waals surface area (Å²) in [5.41, 5.74) is 12.6. The predicted molar refractivity (Wildman–Crippen MR) is 36.8 cm³/mol. The molecule has 0 heterocycles. The molecule has 1 unspecified atom stereocenters. The quantitative estimate of drug-likeness (QED) is 0.320. The van der Waals surface area contributed by atoms with Crippen molar-refractivity contribution in [2.45, 2.75) is 13.0 Å². The van der Waals surface area contributed by atoms with Crippen molar-refractivity contribution in [3.63, 3.8) is 0 Å². The lowest BCUT2D eigenvalue weighted by Crippen LogP contribution is -2.44. The molecule has 0 aromatic rings.